The van der Waals surface area contributed by atoms with Crippen LogP contribution in [0.1, 0.15) is 11.1 Å². The van der Waals surface area contributed by atoms with Gasteiger partial charge in [0.25, 0.3) is 0 Å². The quantitative estimate of drug-likeness (QED) is 0.577. The van der Waals surface area contributed by atoms with E-state index < -0.39 is 0 Å². The van der Waals surface area contributed by atoms with Gasteiger partial charge in [-0.3, -0.25) is 0 Å². The molecule has 0 bridgehead atoms. The van der Waals surface area contributed by atoms with Crippen LogP contribution in [0.4, 0.5) is 0 Å². The molecule has 0 aliphatic rings. The molecule has 0 saturated carbocycles. The van der Waals surface area contributed by atoms with Gasteiger partial charge in [-0.25, -0.2) is 0 Å². The Bertz CT molecular complexity index is 424. The van der Waals surface area contributed by atoms with E-state index in [1.54, 1.807) is 26.2 Å². The van der Waals surface area contributed by atoms with Gasteiger partial charge in [0.05, 0.1) is 14.2 Å². The highest BCUT2D eigenvalue weighted by Crippen LogP contribution is 2.30. The zero-order chi connectivity index (χ0) is 12.8. The van der Waals surface area contributed by atoms with E-state index in [4.69, 9.17) is 14.7 Å². The fraction of sp³-hybridized carbons (Fsp3) is 0.462. The Morgan fingerprint density at radius 3 is 2.35 bits per heavy atom. The van der Waals surface area contributed by atoms with Crippen LogP contribution in [0.2, 0.25) is 0 Å². The van der Waals surface area contributed by atoms with Gasteiger partial charge in [0.1, 0.15) is 0 Å². The minimum atomic E-state index is 0.701. The van der Waals surface area contributed by atoms with Gasteiger partial charge in [-0.15, -0.1) is 0 Å². The second kappa shape index (κ2) is 6.00. The van der Waals surface area contributed by atoms with Crippen LogP contribution in [0.15, 0.2) is 12.1 Å². The Morgan fingerprint density at radius 1 is 1.24 bits per heavy atom. The number of ether oxygens (including phenoxy) is 2. The first-order valence-corrected chi connectivity index (χ1v) is 5.44. The fourth-order valence-electron chi connectivity index (χ4n) is 1.63. The van der Waals surface area contributed by atoms with E-state index in [0.29, 0.717) is 6.54 Å². The molecule has 0 heterocycles. The largest absolute Gasteiger partial charge is 0.493 e. The van der Waals surface area contributed by atoms with Gasteiger partial charge >= 0.3 is 0 Å². The Morgan fingerprint density at radius 2 is 1.82 bits per heavy atom. The summed E-state index contributed by atoms with van der Waals surface area (Å²) >= 11 is 0. The number of methoxy groups -OCH3 is 2. The first-order chi connectivity index (χ1) is 8.12. The Hall–Kier alpha value is -1.89. The standard InChI is InChI=1S/C13H18N2O2/c1-10-7-12(16-3)13(17-4)8-11(10)5-6-15(2)9-14/h7-8H,5-6H2,1-4H3. The van der Waals surface area contributed by atoms with Gasteiger partial charge in [0, 0.05) is 13.6 Å². The average Bonchev–Trinajstić information content (AvgIpc) is 2.36. The average molecular weight is 234 g/mol. The minimum Gasteiger partial charge on any atom is -0.493 e. The third-order valence-corrected chi connectivity index (χ3v) is 2.73. The number of rotatable bonds is 5. The predicted octanol–water partition coefficient (Wildman–Crippen LogP) is 1.97. The molecule has 1 aromatic carbocycles. The van der Waals surface area contributed by atoms with Gasteiger partial charge < -0.3 is 14.4 Å². The summed E-state index contributed by atoms with van der Waals surface area (Å²) in [5, 5.41) is 8.70. The number of benzene rings is 1. The molecule has 0 atom stereocenters. The number of likely N-dealkylation sites (N-methyl/N-ethyl adjacent to an activating group) is 1. The van der Waals surface area contributed by atoms with Crippen molar-refractivity contribution in [3.63, 3.8) is 0 Å². The van der Waals surface area contributed by atoms with E-state index >= 15 is 0 Å². The van der Waals surface area contributed by atoms with Gasteiger partial charge in [0.15, 0.2) is 17.7 Å². The first-order valence-electron chi connectivity index (χ1n) is 5.44. The molecule has 0 fully saturated rings. The van der Waals surface area contributed by atoms with Gasteiger partial charge in [-0.05, 0) is 36.6 Å². The highest BCUT2D eigenvalue weighted by atomic mass is 16.5. The van der Waals surface area contributed by atoms with Crippen molar-refractivity contribution in [1.82, 2.24) is 4.90 Å². The molecule has 4 heteroatoms. The maximum Gasteiger partial charge on any atom is 0.179 e. The summed E-state index contributed by atoms with van der Waals surface area (Å²) in [5.74, 6) is 1.47. The molecule has 1 rings (SSSR count). The molecule has 0 radical (unpaired) electrons. The number of aryl methyl sites for hydroxylation is 1. The van der Waals surface area contributed by atoms with Crippen LogP contribution in [0, 0.1) is 18.4 Å². The zero-order valence-electron chi connectivity index (χ0n) is 10.8. The molecule has 0 aromatic heterocycles. The van der Waals surface area contributed by atoms with Crippen LogP contribution < -0.4 is 9.47 Å². The zero-order valence-corrected chi connectivity index (χ0v) is 10.8. The van der Waals surface area contributed by atoms with Crippen molar-refractivity contribution in [3.05, 3.63) is 23.3 Å². The lowest BCUT2D eigenvalue weighted by Gasteiger charge is -2.14. The van der Waals surface area contributed by atoms with Crippen LogP contribution in [0.3, 0.4) is 0 Å². The topological polar surface area (TPSA) is 45.5 Å². The van der Waals surface area contributed by atoms with E-state index in [-0.39, 0.29) is 0 Å². The number of hydrogen-bond donors (Lipinski definition) is 0. The molecule has 0 amide bonds. The van der Waals surface area contributed by atoms with E-state index in [0.717, 1.165) is 23.5 Å². The Labute approximate surface area is 102 Å². The van der Waals surface area contributed by atoms with E-state index in [1.165, 1.54) is 5.56 Å². The summed E-state index contributed by atoms with van der Waals surface area (Å²) in [6.45, 7) is 2.73. The highest BCUT2D eigenvalue weighted by Gasteiger charge is 2.08. The molecule has 0 aliphatic heterocycles. The number of hydrogen-bond acceptors (Lipinski definition) is 4. The maximum absolute atomic E-state index is 8.70. The van der Waals surface area contributed by atoms with E-state index in [9.17, 15) is 0 Å². The Balaban J connectivity index is 2.90. The van der Waals surface area contributed by atoms with Crippen LogP contribution in [0.25, 0.3) is 0 Å². The van der Waals surface area contributed by atoms with Crippen molar-refractivity contribution in [2.24, 2.45) is 0 Å². The molecule has 0 saturated heterocycles. The minimum absolute atomic E-state index is 0.701. The van der Waals surface area contributed by atoms with Crippen molar-refractivity contribution < 1.29 is 9.47 Å². The van der Waals surface area contributed by atoms with Gasteiger partial charge in [0.2, 0.25) is 0 Å². The lowest BCUT2D eigenvalue weighted by atomic mass is 10.0. The monoisotopic (exact) mass is 234 g/mol. The molecular formula is C13H18N2O2. The highest BCUT2D eigenvalue weighted by molar-refractivity contribution is 5.47. The third-order valence-electron chi connectivity index (χ3n) is 2.73. The van der Waals surface area contributed by atoms with Crippen LogP contribution >= 0.6 is 0 Å². The van der Waals surface area contributed by atoms with Crippen molar-refractivity contribution in [2.45, 2.75) is 13.3 Å². The van der Waals surface area contributed by atoms with E-state index in [2.05, 4.69) is 6.19 Å². The smallest absolute Gasteiger partial charge is 0.179 e. The summed E-state index contributed by atoms with van der Waals surface area (Å²) in [5.41, 5.74) is 2.32. The lowest BCUT2D eigenvalue weighted by Crippen LogP contribution is -2.15. The van der Waals surface area contributed by atoms with Crippen molar-refractivity contribution in [2.75, 3.05) is 27.8 Å². The first kappa shape index (κ1) is 13.2. The van der Waals surface area contributed by atoms with Crippen molar-refractivity contribution in [1.29, 1.82) is 5.26 Å². The van der Waals surface area contributed by atoms with Gasteiger partial charge in [-0.2, -0.15) is 5.26 Å². The normalized spacial score (nSPS) is 9.59. The molecular weight excluding hydrogens is 216 g/mol. The molecule has 0 aliphatic carbocycles. The molecule has 4 nitrogen and oxygen atoms in total. The fourth-order valence-corrected chi connectivity index (χ4v) is 1.63. The van der Waals surface area contributed by atoms with Crippen molar-refractivity contribution in [3.8, 4) is 17.7 Å². The summed E-state index contributed by atoms with van der Waals surface area (Å²) in [7, 11) is 5.02. The second-order valence-corrected chi connectivity index (χ2v) is 3.91. The number of nitriles is 1. The summed E-state index contributed by atoms with van der Waals surface area (Å²) in [6, 6.07) is 3.93. The second-order valence-electron chi connectivity index (χ2n) is 3.91. The maximum atomic E-state index is 8.70. The molecule has 0 spiro atoms. The van der Waals surface area contributed by atoms with E-state index in [1.807, 2.05) is 19.1 Å². The summed E-state index contributed by atoms with van der Waals surface area (Å²) in [6.07, 6.45) is 2.90. The van der Waals surface area contributed by atoms with Gasteiger partial charge in [-0.1, -0.05) is 0 Å². The molecule has 17 heavy (non-hydrogen) atoms. The van der Waals surface area contributed by atoms with Crippen LogP contribution in [-0.2, 0) is 6.42 Å². The molecule has 92 valence electrons. The summed E-state index contributed by atoms with van der Waals surface area (Å²) in [4.78, 5) is 1.61. The van der Waals surface area contributed by atoms with Crippen molar-refractivity contribution >= 4 is 0 Å². The lowest BCUT2D eigenvalue weighted by molar-refractivity contribution is 0.354. The molecule has 0 unspecified atom stereocenters. The molecule has 1 aromatic rings. The third kappa shape index (κ3) is 3.28. The van der Waals surface area contributed by atoms with Crippen LogP contribution in [-0.4, -0.2) is 32.7 Å². The summed E-state index contributed by atoms with van der Waals surface area (Å²) < 4.78 is 10.5. The predicted molar refractivity (Wildman–Crippen MR) is 66.2 cm³/mol. The SMILES string of the molecule is COc1cc(C)c(CCN(C)C#N)cc1OC. The number of nitrogens with zero attached hydrogens (tertiary/aromatic N) is 2. The molecule has 0 N–H and O–H groups in total. The Kier molecular flexibility index (Phi) is 4.65. The van der Waals surface area contributed by atoms with Crippen LogP contribution in [0.5, 0.6) is 11.5 Å².